The minimum atomic E-state index is -1.24. The third-order valence-electron chi connectivity index (χ3n) is 4.15. The second kappa shape index (κ2) is 7.09. The number of carbonyl (C=O) groups is 3. The van der Waals surface area contributed by atoms with Crippen molar-refractivity contribution in [3.8, 4) is 0 Å². The van der Waals surface area contributed by atoms with Crippen LogP contribution in [0, 0.1) is 0 Å². The first-order chi connectivity index (χ1) is 12.3. The summed E-state index contributed by atoms with van der Waals surface area (Å²) in [6.45, 7) is 1.22. The number of nitrogens with zero attached hydrogens (tertiary/aromatic N) is 1. The molecule has 3 rings (SSSR count). The van der Waals surface area contributed by atoms with Crippen LogP contribution >= 0.6 is 27.5 Å². The molecule has 134 valence electrons. The molecule has 1 atom stereocenters. The fraction of sp³-hybridized carbons (Fsp3) is 0.167. The first-order valence-electron chi connectivity index (χ1n) is 7.76. The fourth-order valence-corrected chi connectivity index (χ4v) is 3.23. The number of hydrogen-bond donors (Lipinski definition) is 2. The van der Waals surface area contributed by atoms with Crippen molar-refractivity contribution in [2.45, 2.75) is 12.5 Å². The lowest BCUT2D eigenvalue weighted by molar-refractivity contribution is -0.133. The molecule has 1 aliphatic rings. The number of carbonyl (C=O) groups excluding carboxylic acids is 3. The van der Waals surface area contributed by atoms with Crippen molar-refractivity contribution >= 4 is 51.1 Å². The number of hydrogen-bond acceptors (Lipinski definition) is 3. The van der Waals surface area contributed by atoms with Gasteiger partial charge in [-0.3, -0.25) is 14.5 Å². The molecular weight excluding hydrogens is 422 g/mol. The zero-order chi connectivity index (χ0) is 18.9. The number of para-hydroxylation sites is 1. The van der Waals surface area contributed by atoms with Gasteiger partial charge in [0.15, 0.2) is 0 Å². The lowest BCUT2D eigenvalue weighted by Crippen LogP contribution is -2.42. The normalized spacial score (nSPS) is 19.4. The van der Waals surface area contributed by atoms with Gasteiger partial charge in [0, 0.05) is 9.50 Å². The number of halogens is 2. The molecule has 4 amide bonds. The molecule has 1 saturated heterocycles. The summed E-state index contributed by atoms with van der Waals surface area (Å²) in [5.74, 6) is -0.965. The molecule has 2 aromatic rings. The van der Waals surface area contributed by atoms with Crippen LogP contribution in [0.15, 0.2) is 53.0 Å². The van der Waals surface area contributed by atoms with Crippen LogP contribution in [0.5, 0.6) is 0 Å². The van der Waals surface area contributed by atoms with E-state index >= 15 is 0 Å². The number of anilines is 1. The zero-order valence-corrected chi connectivity index (χ0v) is 16.1. The number of nitrogens with one attached hydrogen (secondary N) is 2. The average molecular weight is 437 g/mol. The molecule has 0 radical (unpaired) electrons. The second-order valence-electron chi connectivity index (χ2n) is 5.98. The van der Waals surface area contributed by atoms with Gasteiger partial charge in [-0.15, -0.1) is 0 Å². The first kappa shape index (κ1) is 18.4. The van der Waals surface area contributed by atoms with Crippen molar-refractivity contribution in [1.82, 2.24) is 10.2 Å². The van der Waals surface area contributed by atoms with Gasteiger partial charge in [0.05, 0.1) is 5.69 Å². The molecule has 2 aromatic carbocycles. The van der Waals surface area contributed by atoms with E-state index in [-0.39, 0.29) is 6.54 Å². The van der Waals surface area contributed by atoms with Gasteiger partial charge in [-0.1, -0.05) is 35.9 Å². The molecule has 8 heteroatoms. The van der Waals surface area contributed by atoms with Gasteiger partial charge >= 0.3 is 6.03 Å². The van der Waals surface area contributed by atoms with E-state index < -0.39 is 23.4 Å². The summed E-state index contributed by atoms with van der Waals surface area (Å²) < 4.78 is 0.705. The number of amides is 4. The highest BCUT2D eigenvalue weighted by Crippen LogP contribution is 2.29. The minimum absolute atomic E-state index is 0.380. The molecule has 1 aliphatic heterocycles. The maximum absolute atomic E-state index is 12.8. The Labute approximate surface area is 163 Å². The van der Waals surface area contributed by atoms with Gasteiger partial charge in [0.1, 0.15) is 12.1 Å². The van der Waals surface area contributed by atoms with Gasteiger partial charge in [-0.2, -0.15) is 0 Å². The maximum Gasteiger partial charge on any atom is 0.325 e. The minimum Gasteiger partial charge on any atom is -0.324 e. The smallest absolute Gasteiger partial charge is 0.324 e. The molecule has 1 heterocycles. The van der Waals surface area contributed by atoms with Crippen LogP contribution in [0.4, 0.5) is 10.5 Å². The third-order valence-corrected chi connectivity index (χ3v) is 5.09. The summed E-state index contributed by atoms with van der Waals surface area (Å²) in [5.41, 5.74) is -0.0890. The number of imide groups is 1. The molecule has 0 saturated carbocycles. The zero-order valence-electron chi connectivity index (χ0n) is 13.8. The third kappa shape index (κ3) is 3.45. The van der Waals surface area contributed by atoms with Crippen LogP contribution in [0.1, 0.15) is 12.5 Å². The topological polar surface area (TPSA) is 78.5 Å². The molecule has 0 aromatic heterocycles. The largest absolute Gasteiger partial charge is 0.325 e. The van der Waals surface area contributed by atoms with Crippen molar-refractivity contribution < 1.29 is 14.4 Å². The van der Waals surface area contributed by atoms with Crippen LogP contribution in [0.2, 0.25) is 5.02 Å². The van der Waals surface area contributed by atoms with Gasteiger partial charge < -0.3 is 10.6 Å². The van der Waals surface area contributed by atoms with E-state index in [1.807, 2.05) is 6.07 Å². The van der Waals surface area contributed by atoms with E-state index in [1.165, 1.54) is 0 Å². The number of urea groups is 1. The van der Waals surface area contributed by atoms with Gasteiger partial charge in [0.2, 0.25) is 5.91 Å². The van der Waals surface area contributed by atoms with Crippen LogP contribution in [-0.2, 0) is 15.1 Å². The van der Waals surface area contributed by atoms with Gasteiger partial charge in [0.25, 0.3) is 5.91 Å². The molecule has 1 fully saturated rings. The van der Waals surface area contributed by atoms with E-state index in [9.17, 15) is 14.4 Å². The van der Waals surface area contributed by atoms with Crippen molar-refractivity contribution in [2.75, 3.05) is 11.9 Å². The van der Waals surface area contributed by atoms with Gasteiger partial charge in [-0.25, -0.2) is 4.79 Å². The predicted molar refractivity (Wildman–Crippen MR) is 102 cm³/mol. The average Bonchev–Trinajstić information content (AvgIpc) is 2.82. The van der Waals surface area contributed by atoms with Gasteiger partial charge in [-0.05, 0) is 52.7 Å². The first-order valence-corrected chi connectivity index (χ1v) is 8.93. The molecule has 6 nitrogen and oxygen atoms in total. The van der Waals surface area contributed by atoms with E-state index in [1.54, 1.807) is 49.4 Å². The van der Waals surface area contributed by atoms with E-state index in [4.69, 9.17) is 11.6 Å². The summed E-state index contributed by atoms with van der Waals surface area (Å²) >= 11 is 9.21. The predicted octanol–water partition coefficient (Wildman–Crippen LogP) is 3.51. The molecule has 0 bridgehead atoms. The Morgan fingerprint density at radius 1 is 1.19 bits per heavy atom. The van der Waals surface area contributed by atoms with Crippen LogP contribution < -0.4 is 10.6 Å². The van der Waals surface area contributed by atoms with Crippen LogP contribution in [0.3, 0.4) is 0 Å². The number of rotatable bonds is 4. The van der Waals surface area contributed by atoms with E-state index in [0.717, 1.165) is 4.90 Å². The Balaban J connectivity index is 1.76. The van der Waals surface area contributed by atoms with Crippen LogP contribution in [0.25, 0.3) is 0 Å². The Hall–Kier alpha value is -2.38. The van der Waals surface area contributed by atoms with Crippen molar-refractivity contribution in [1.29, 1.82) is 0 Å². The molecule has 0 unspecified atom stereocenters. The molecule has 26 heavy (non-hydrogen) atoms. The highest BCUT2D eigenvalue weighted by molar-refractivity contribution is 9.10. The Morgan fingerprint density at radius 3 is 2.50 bits per heavy atom. The molecular formula is C18H15BrClN3O3. The quantitative estimate of drug-likeness (QED) is 0.720. The summed E-state index contributed by atoms with van der Waals surface area (Å²) in [5, 5.41) is 5.85. The Kier molecular flexibility index (Phi) is 5.02. The number of benzene rings is 2. The molecule has 0 aliphatic carbocycles. The van der Waals surface area contributed by atoms with Crippen molar-refractivity contribution in [3.05, 3.63) is 63.6 Å². The molecule has 0 spiro atoms. The summed E-state index contributed by atoms with van der Waals surface area (Å²) in [6, 6.07) is 13.1. The lowest BCUT2D eigenvalue weighted by atomic mass is 9.92. The lowest BCUT2D eigenvalue weighted by Gasteiger charge is -2.22. The standard InChI is InChI=1S/C18H15BrClN3O3/c1-18(11-6-8-12(20)9-7-11)16(25)23(17(26)22-18)10-15(24)21-14-5-3-2-4-13(14)19/h2-9H,10H2,1H3,(H,21,24)(H,22,26)/t18-/m1/s1. The monoisotopic (exact) mass is 435 g/mol. The van der Waals surface area contributed by atoms with Crippen molar-refractivity contribution in [2.24, 2.45) is 0 Å². The van der Waals surface area contributed by atoms with Crippen molar-refractivity contribution in [3.63, 3.8) is 0 Å². The Morgan fingerprint density at radius 2 is 1.85 bits per heavy atom. The van der Waals surface area contributed by atoms with Crippen LogP contribution in [-0.4, -0.2) is 29.3 Å². The summed E-state index contributed by atoms with van der Waals surface area (Å²) in [4.78, 5) is 38.3. The highest BCUT2D eigenvalue weighted by atomic mass is 79.9. The van der Waals surface area contributed by atoms with E-state index in [2.05, 4.69) is 26.6 Å². The maximum atomic E-state index is 12.8. The molecule has 2 N–H and O–H groups in total. The van der Waals surface area contributed by atoms with E-state index in [0.29, 0.717) is 20.7 Å². The second-order valence-corrected chi connectivity index (χ2v) is 7.27. The summed E-state index contributed by atoms with van der Waals surface area (Å²) in [6.07, 6.45) is 0. The highest BCUT2D eigenvalue weighted by Gasteiger charge is 2.49. The SMILES string of the molecule is C[C@]1(c2ccc(Cl)cc2)NC(=O)N(CC(=O)Nc2ccccc2Br)C1=O. The Bertz CT molecular complexity index is 888. The summed E-state index contributed by atoms with van der Waals surface area (Å²) in [7, 11) is 0. The fourth-order valence-electron chi connectivity index (χ4n) is 2.72.